The van der Waals surface area contributed by atoms with Crippen LogP contribution >= 0.6 is 0 Å². The van der Waals surface area contributed by atoms with Crippen molar-refractivity contribution >= 4 is 17.5 Å². The molecule has 0 spiro atoms. The van der Waals surface area contributed by atoms with Gasteiger partial charge in [0.05, 0.1) is 0 Å². The molecule has 0 radical (unpaired) electrons. The lowest BCUT2D eigenvalue weighted by Gasteiger charge is -1.79. The van der Waals surface area contributed by atoms with Crippen LogP contribution in [0.25, 0.3) is 11.1 Å². The van der Waals surface area contributed by atoms with Crippen LogP contribution in [0.4, 0.5) is 0 Å². The third-order valence-corrected chi connectivity index (χ3v) is 0.681. The van der Waals surface area contributed by atoms with E-state index in [4.69, 9.17) is 22.5 Å². The maximum atomic E-state index is 10.5. The molecule has 7 heteroatoms. The van der Waals surface area contributed by atoms with E-state index in [9.17, 15) is 4.79 Å². The number of Topliss-reactive ketones (excluding diaryl/α,β-unsaturated/α-hetero) is 1. The van der Waals surface area contributed by atoms with Crippen molar-refractivity contribution in [1.29, 1.82) is 0 Å². The Morgan fingerprint density at radius 2 is 1.40 bits per heavy atom. The van der Waals surface area contributed by atoms with Crippen molar-refractivity contribution in [3.63, 3.8) is 0 Å². The first-order valence-corrected chi connectivity index (χ1v) is 2.13. The zero-order valence-corrected chi connectivity index (χ0v) is 4.85. The van der Waals surface area contributed by atoms with Gasteiger partial charge in [-0.05, 0) is 0 Å². The zero-order chi connectivity index (χ0) is 8.15. The summed E-state index contributed by atoms with van der Waals surface area (Å²) in [5, 5.41) is 0. The Hall–Kier alpha value is -1.97. The molecule has 0 saturated carbocycles. The molecule has 0 saturated heterocycles. The monoisotopic (exact) mass is 140 g/mol. The second-order valence-corrected chi connectivity index (χ2v) is 1.30. The minimum atomic E-state index is -1.02. The van der Waals surface area contributed by atoms with Crippen LogP contribution in [-0.4, -0.2) is 27.0 Å². The molecule has 0 aliphatic heterocycles. The lowest BCUT2D eigenvalue weighted by Crippen LogP contribution is -2.37. The summed E-state index contributed by atoms with van der Waals surface area (Å²) in [4.78, 5) is 15.1. The largest absolute Gasteiger partial charge is 0.497 e. The van der Waals surface area contributed by atoms with E-state index >= 15 is 0 Å². The number of hydrogen-bond acceptors (Lipinski definition) is 1. The van der Waals surface area contributed by atoms with Gasteiger partial charge in [-0.1, -0.05) is 0 Å². The summed E-state index contributed by atoms with van der Waals surface area (Å²) in [6.45, 7) is 0. The van der Waals surface area contributed by atoms with E-state index in [0.29, 0.717) is 0 Å². The van der Waals surface area contributed by atoms with E-state index in [0.717, 1.165) is 0 Å². The van der Waals surface area contributed by atoms with Crippen LogP contribution in [0.5, 0.6) is 0 Å². The molecule has 0 aliphatic rings. The van der Waals surface area contributed by atoms with Gasteiger partial charge in [-0.3, -0.25) is 16.3 Å². The highest BCUT2D eigenvalue weighted by atomic mass is 16.1. The molecular weight excluding hydrogens is 136 g/mol. The van der Waals surface area contributed by atoms with Crippen molar-refractivity contribution in [2.45, 2.75) is 0 Å². The van der Waals surface area contributed by atoms with Gasteiger partial charge in [0.15, 0.2) is 0 Å². The second kappa shape index (κ2) is 3.13. The Balaban J connectivity index is 4.72. The molecule has 0 atom stereocenters. The summed E-state index contributed by atoms with van der Waals surface area (Å²) in [7, 11) is 0. The number of nitrogens with zero attached hydrogens (tertiary/aromatic N) is 4. The fraction of sp³-hybridized carbons (Fsp3) is 0. The van der Waals surface area contributed by atoms with Gasteiger partial charge in [0.25, 0.3) is 0 Å². The zero-order valence-electron chi connectivity index (χ0n) is 4.85. The van der Waals surface area contributed by atoms with Crippen molar-refractivity contribution in [3.8, 4) is 0 Å². The maximum absolute atomic E-state index is 10.5. The van der Waals surface area contributed by atoms with Crippen LogP contribution in [0.15, 0.2) is 0 Å². The molecule has 0 aliphatic carbocycles. The van der Waals surface area contributed by atoms with Crippen LogP contribution in [0.1, 0.15) is 0 Å². The topological polar surface area (TPSA) is 142 Å². The van der Waals surface area contributed by atoms with Crippen molar-refractivity contribution in [2.24, 2.45) is 11.5 Å². The first-order chi connectivity index (χ1) is 4.63. The molecule has 0 rings (SSSR count). The van der Waals surface area contributed by atoms with Gasteiger partial charge in [-0.15, -0.1) is 0 Å². The lowest BCUT2D eigenvalue weighted by atomic mass is 10.3. The number of carbonyl (C=O) groups is 1. The van der Waals surface area contributed by atoms with Gasteiger partial charge in [0.2, 0.25) is 0 Å². The smallest absolute Gasteiger partial charge is 0.409 e. The minimum absolute atomic E-state index is 0.727. The van der Waals surface area contributed by atoms with E-state index in [1.807, 2.05) is 0 Å². The Labute approximate surface area is 55.5 Å². The number of carbonyl (C=O) groups excluding carboxylic acids is 1. The lowest BCUT2D eigenvalue weighted by molar-refractivity contribution is -0.116. The predicted molar refractivity (Wildman–Crippen MR) is 30.6 cm³/mol. The van der Waals surface area contributed by atoms with E-state index in [-0.39, 0.29) is 0 Å². The number of nitrogens with two attached hydrogens (primary N) is 2. The molecule has 0 aromatic carbocycles. The first-order valence-electron chi connectivity index (χ1n) is 2.13. The highest BCUT2D eigenvalue weighted by molar-refractivity contribution is 6.62. The second-order valence-electron chi connectivity index (χ2n) is 1.30. The van der Waals surface area contributed by atoms with Gasteiger partial charge < -0.3 is 20.6 Å². The number of amidine groups is 2. The van der Waals surface area contributed by atoms with E-state index in [2.05, 4.69) is 9.58 Å². The van der Waals surface area contributed by atoms with Crippen LogP contribution in [-0.2, 0) is 4.79 Å². The molecule has 0 amide bonds. The summed E-state index contributed by atoms with van der Waals surface area (Å²) >= 11 is 0. The van der Waals surface area contributed by atoms with Crippen molar-refractivity contribution < 1.29 is 14.4 Å². The number of ketones is 1. The Bertz CT molecular complexity index is 228. The van der Waals surface area contributed by atoms with Gasteiger partial charge in [0.1, 0.15) is 0 Å². The average molecular weight is 140 g/mol. The van der Waals surface area contributed by atoms with E-state index in [1.54, 1.807) is 0 Å². The summed E-state index contributed by atoms with van der Waals surface area (Å²) < 4.78 is 0. The third kappa shape index (κ3) is 1.52. The summed E-state index contributed by atoms with van der Waals surface area (Å²) in [6, 6.07) is 0. The Kier molecular flexibility index (Phi) is 2.52. The number of hydrogen-bond donors (Lipinski definition) is 2. The van der Waals surface area contributed by atoms with Crippen molar-refractivity contribution in [2.75, 3.05) is 0 Å². The Morgan fingerprint density at radius 1 is 1.10 bits per heavy atom. The molecule has 0 fully saturated rings. The molecular formula is C3H4N6O. The van der Waals surface area contributed by atoms with Gasteiger partial charge in [-0.2, -0.15) is 0 Å². The maximum Gasteiger partial charge on any atom is 0.409 e. The third-order valence-electron chi connectivity index (χ3n) is 0.681. The molecule has 0 aromatic rings. The molecule has 7 nitrogen and oxygen atoms in total. The molecule has 0 bridgehead atoms. The predicted octanol–water partition coefficient (Wildman–Crippen LogP) is -2.27. The molecule has 52 valence electrons. The van der Waals surface area contributed by atoms with Gasteiger partial charge in [-0.25, -0.2) is 0 Å². The molecule has 4 N–H and O–H groups in total. The minimum Gasteiger partial charge on any atom is -0.497 e. The van der Waals surface area contributed by atoms with Crippen molar-refractivity contribution in [1.82, 2.24) is 0 Å². The van der Waals surface area contributed by atoms with Gasteiger partial charge >= 0.3 is 17.5 Å². The molecule has 0 unspecified atom stereocenters. The fourth-order valence-corrected chi connectivity index (χ4v) is 0.222. The fourth-order valence-electron chi connectivity index (χ4n) is 0.222. The molecule has 10 heavy (non-hydrogen) atoms. The van der Waals surface area contributed by atoms with Crippen LogP contribution in [0.2, 0.25) is 0 Å². The van der Waals surface area contributed by atoms with Crippen LogP contribution in [0, 0.1) is 0 Å². The summed E-state index contributed by atoms with van der Waals surface area (Å²) in [5.41, 5.74) is 25.3. The standard InChI is InChI=1S/C3H4N6O/c4-2(8-6)1(10)3(5)9-7/h4-5H2. The molecule has 0 aromatic heterocycles. The van der Waals surface area contributed by atoms with E-state index in [1.165, 1.54) is 0 Å². The average Bonchev–Trinajstić information content (AvgIpc) is 2.00. The molecule has 0 heterocycles. The van der Waals surface area contributed by atoms with Crippen LogP contribution in [0.3, 0.4) is 0 Å². The van der Waals surface area contributed by atoms with Crippen LogP contribution < -0.4 is 11.5 Å². The van der Waals surface area contributed by atoms with E-state index < -0.39 is 17.5 Å². The quantitative estimate of drug-likeness (QED) is 0.193. The normalized spacial score (nSPS) is 7.20. The highest BCUT2D eigenvalue weighted by Gasteiger charge is 2.24. The summed E-state index contributed by atoms with van der Waals surface area (Å²) in [5.74, 6) is -2.48. The number of rotatable bonds is 2. The first kappa shape index (κ1) is 8.03. The van der Waals surface area contributed by atoms with Crippen molar-refractivity contribution in [3.05, 3.63) is 11.1 Å². The highest BCUT2D eigenvalue weighted by Crippen LogP contribution is 1.64. The van der Waals surface area contributed by atoms with Gasteiger partial charge in [0, 0.05) is 0 Å². The SMILES string of the molecule is [N-]=[N+]=C(N)C(=O)C(N)=[N+]=[N-]. The Morgan fingerprint density at radius 3 is 1.60 bits per heavy atom. The summed E-state index contributed by atoms with van der Waals surface area (Å²) in [6.07, 6.45) is 0.